The highest BCUT2D eigenvalue weighted by Crippen LogP contribution is 2.11. The van der Waals surface area contributed by atoms with Crippen LogP contribution >= 0.6 is 0 Å². The van der Waals surface area contributed by atoms with Crippen molar-refractivity contribution in [3.63, 3.8) is 0 Å². The van der Waals surface area contributed by atoms with E-state index in [1.807, 2.05) is 27.9 Å². The monoisotopic (exact) mass is 298 g/mol. The van der Waals surface area contributed by atoms with E-state index in [4.69, 9.17) is 9.47 Å². The van der Waals surface area contributed by atoms with E-state index in [0.29, 0.717) is 37.7 Å². The smallest absolute Gasteiger partial charge is 0.323 e. The molecule has 1 rings (SSSR count). The fraction of sp³-hybridized carbons (Fsp3) is 0.769. The molecule has 1 heterocycles. The molecule has 2 N–H and O–H groups in total. The van der Waals surface area contributed by atoms with Crippen molar-refractivity contribution in [2.45, 2.75) is 20.0 Å². The van der Waals surface area contributed by atoms with E-state index < -0.39 is 0 Å². The molecule has 0 aliphatic rings. The molecular weight excluding hydrogens is 272 g/mol. The molecule has 21 heavy (non-hydrogen) atoms. The van der Waals surface area contributed by atoms with Crippen molar-refractivity contribution in [1.29, 1.82) is 0 Å². The van der Waals surface area contributed by atoms with Gasteiger partial charge in [0.2, 0.25) is 11.9 Å². The normalized spacial score (nSPS) is 11.0. The van der Waals surface area contributed by atoms with Gasteiger partial charge in [-0.1, -0.05) is 0 Å². The van der Waals surface area contributed by atoms with E-state index >= 15 is 0 Å². The maximum Gasteiger partial charge on any atom is 0.323 e. The summed E-state index contributed by atoms with van der Waals surface area (Å²) in [6, 6.07) is 0.306. The molecule has 0 fully saturated rings. The molecule has 0 amide bonds. The van der Waals surface area contributed by atoms with Crippen LogP contribution in [0.1, 0.15) is 13.8 Å². The second-order valence-corrected chi connectivity index (χ2v) is 5.02. The molecule has 0 atom stereocenters. The Hall–Kier alpha value is -1.67. The third-order valence-electron chi connectivity index (χ3n) is 2.39. The molecule has 0 aliphatic heterocycles. The largest absolute Gasteiger partial charge is 0.461 e. The Balaban J connectivity index is 2.42. The number of hydrogen-bond acceptors (Lipinski definition) is 8. The van der Waals surface area contributed by atoms with E-state index in [0.717, 1.165) is 6.54 Å². The van der Waals surface area contributed by atoms with Crippen molar-refractivity contribution in [3.05, 3.63) is 0 Å². The molecule has 0 bridgehead atoms. The Morgan fingerprint density at radius 1 is 1.10 bits per heavy atom. The average molecular weight is 298 g/mol. The van der Waals surface area contributed by atoms with Gasteiger partial charge in [0.1, 0.15) is 0 Å². The van der Waals surface area contributed by atoms with E-state index in [1.54, 1.807) is 7.05 Å². The maximum atomic E-state index is 5.50. The predicted molar refractivity (Wildman–Crippen MR) is 83.0 cm³/mol. The van der Waals surface area contributed by atoms with Gasteiger partial charge in [-0.25, -0.2) is 0 Å². The standard InChI is InChI=1S/C13H26N6O2/c1-10(2)21-13-17-11(14-3)16-12(18-13)15-6-8-20-9-7-19(4)5/h10H,6-9H2,1-5H3,(H2,14,15,16,17,18). The van der Waals surface area contributed by atoms with Crippen molar-refractivity contribution in [3.8, 4) is 6.01 Å². The van der Waals surface area contributed by atoms with Crippen LogP contribution in [0.5, 0.6) is 6.01 Å². The molecule has 0 unspecified atom stereocenters. The van der Waals surface area contributed by atoms with Crippen molar-refractivity contribution in [2.24, 2.45) is 0 Å². The van der Waals surface area contributed by atoms with Crippen molar-refractivity contribution >= 4 is 11.9 Å². The van der Waals surface area contributed by atoms with Crippen LogP contribution in [-0.2, 0) is 4.74 Å². The van der Waals surface area contributed by atoms with Gasteiger partial charge < -0.3 is 25.0 Å². The summed E-state index contributed by atoms with van der Waals surface area (Å²) in [5.41, 5.74) is 0. The average Bonchev–Trinajstić information content (AvgIpc) is 2.41. The number of anilines is 2. The highest BCUT2D eigenvalue weighted by atomic mass is 16.5. The van der Waals surface area contributed by atoms with Crippen LogP contribution in [0.25, 0.3) is 0 Å². The molecule has 120 valence electrons. The summed E-state index contributed by atoms with van der Waals surface area (Å²) < 4.78 is 11.0. The second kappa shape index (κ2) is 9.30. The van der Waals surface area contributed by atoms with Crippen molar-refractivity contribution in [1.82, 2.24) is 19.9 Å². The number of hydrogen-bond donors (Lipinski definition) is 2. The van der Waals surface area contributed by atoms with Crippen LogP contribution in [0, 0.1) is 0 Å². The van der Waals surface area contributed by atoms with Crippen LogP contribution in [0.2, 0.25) is 0 Å². The SMILES string of the molecule is CNc1nc(NCCOCCN(C)C)nc(OC(C)C)n1. The Kier molecular flexibility index (Phi) is 7.70. The van der Waals surface area contributed by atoms with Gasteiger partial charge in [-0.2, -0.15) is 15.0 Å². The highest BCUT2D eigenvalue weighted by Gasteiger charge is 2.07. The molecule has 8 nitrogen and oxygen atoms in total. The van der Waals surface area contributed by atoms with E-state index in [-0.39, 0.29) is 6.10 Å². The van der Waals surface area contributed by atoms with Gasteiger partial charge in [-0.15, -0.1) is 0 Å². The first kappa shape index (κ1) is 17.4. The minimum absolute atomic E-state index is 0.0133. The van der Waals surface area contributed by atoms with Gasteiger partial charge in [-0.05, 0) is 27.9 Å². The lowest BCUT2D eigenvalue weighted by atomic mass is 10.5. The Morgan fingerprint density at radius 2 is 1.81 bits per heavy atom. The summed E-state index contributed by atoms with van der Waals surface area (Å²) in [5, 5.41) is 5.99. The highest BCUT2D eigenvalue weighted by molar-refractivity contribution is 5.35. The molecule has 1 aromatic heterocycles. The molecule has 0 aliphatic carbocycles. The van der Waals surface area contributed by atoms with E-state index in [2.05, 4.69) is 30.5 Å². The zero-order valence-electron chi connectivity index (χ0n) is 13.5. The lowest BCUT2D eigenvalue weighted by Gasteiger charge is -2.12. The summed E-state index contributed by atoms with van der Waals surface area (Å²) in [6.07, 6.45) is 0.0133. The molecule has 0 saturated heterocycles. The van der Waals surface area contributed by atoms with Gasteiger partial charge in [0.15, 0.2) is 0 Å². The molecule has 0 saturated carbocycles. The third kappa shape index (κ3) is 7.62. The van der Waals surface area contributed by atoms with Crippen LogP contribution in [0.4, 0.5) is 11.9 Å². The minimum atomic E-state index is 0.0133. The van der Waals surface area contributed by atoms with E-state index in [1.165, 1.54) is 0 Å². The number of nitrogens with zero attached hydrogens (tertiary/aromatic N) is 4. The van der Waals surface area contributed by atoms with Gasteiger partial charge >= 0.3 is 6.01 Å². The topological polar surface area (TPSA) is 84.4 Å². The summed E-state index contributed by atoms with van der Waals surface area (Å²) in [6.45, 7) is 6.68. The predicted octanol–water partition coefficient (Wildman–Crippen LogP) is 0.691. The fourth-order valence-corrected chi connectivity index (χ4v) is 1.40. The summed E-state index contributed by atoms with van der Waals surface area (Å²) in [7, 11) is 5.78. The molecule has 1 aromatic rings. The van der Waals surface area contributed by atoms with Crippen LogP contribution < -0.4 is 15.4 Å². The second-order valence-electron chi connectivity index (χ2n) is 5.02. The maximum absolute atomic E-state index is 5.50. The Labute approximate surface area is 126 Å². The Morgan fingerprint density at radius 3 is 2.43 bits per heavy atom. The lowest BCUT2D eigenvalue weighted by molar-refractivity contribution is 0.126. The molecular formula is C13H26N6O2. The minimum Gasteiger partial charge on any atom is -0.461 e. The fourth-order valence-electron chi connectivity index (χ4n) is 1.40. The van der Waals surface area contributed by atoms with Crippen LogP contribution in [0.3, 0.4) is 0 Å². The van der Waals surface area contributed by atoms with Crippen molar-refractivity contribution < 1.29 is 9.47 Å². The number of nitrogens with one attached hydrogen (secondary N) is 2. The zero-order chi connectivity index (χ0) is 15.7. The molecule has 0 spiro atoms. The number of likely N-dealkylation sites (N-methyl/N-ethyl adjacent to an activating group) is 1. The van der Waals surface area contributed by atoms with Gasteiger partial charge in [0.05, 0.1) is 19.3 Å². The van der Waals surface area contributed by atoms with E-state index in [9.17, 15) is 0 Å². The van der Waals surface area contributed by atoms with Crippen LogP contribution in [0.15, 0.2) is 0 Å². The first-order valence-corrected chi connectivity index (χ1v) is 7.08. The third-order valence-corrected chi connectivity index (χ3v) is 2.39. The molecule has 0 aromatic carbocycles. The summed E-state index contributed by atoms with van der Waals surface area (Å²) in [5.74, 6) is 0.942. The summed E-state index contributed by atoms with van der Waals surface area (Å²) in [4.78, 5) is 14.6. The Bertz CT molecular complexity index is 414. The van der Waals surface area contributed by atoms with Gasteiger partial charge in [0.25, 0.3) is 0 Å². The zero-order valence-corrected chi connectivity index (χ0v) is 13.5. The number of rotatable bonds is 10. The van der Waals surface area contributed by atoms with Crippen molar-refractivity contribution in [2.75, 3.05) is 58.1 Å². The van der Waals surface area contributed by atoms with Gasteiger partial charge in [-0.3, -0.25) is 0 Å². The molecule has 0 radical (unpaired) electrons. The van der Waals surface area contributed by atoms with Gasteiger partial charge in [0, 0.05) is 20.1 Å². The lowest BCUT2D eigenvalue weighted by Crippen LogP contribution is -2.20. The summed E-state index contributed by atoms with van der Waals surface area (Å²) >= 11 is 0. The quantitative estimate of drug-likeness (QED) is 0.610. The van der Waals surface area contributed by atoms with Crippen LogP contribution in [-0.4, -0.2) is 73.4 Å². The number of ether oxygens (including phenoxy) is 2. The molecule has 8 heteroatoms. The first-order chi connectivity index (χ1) is 10.0. The number of aromatic nitrogens is 3. The first-order valence-electron chi connectivity index (χ1n) is 7.08.